The number of rotatable bonds is 6. The maximum Gasteiger partial charge on any atom is 0.339 e. The van der Waals surface area contributed by atoms with Crippen molar-refractivity contribution in [1.82, 2.24) is 4.90 Å². The Balaban J connectivity index is 2.21. The second kappa shape index (κ2) is 6.39. The summed E-state index contributed by atoms with van der Waals surface area (Å²) in [4.78, 5) is 13.4. The summed E-state index contributed by atoms with van der Waals surface area (Å²) in [6, 6.07) is 11.1. The van der Waals surface area contributed by atoms with Gasteiger partial charge in [-0.1, -0.05) is 24.3 Å². The molecule has 4 heteroatoms. The van der Waals surface area contributed by atoms with Crippen LogP contribution in [0, 0.1) is 0 Å². The van der Waals surface area contributed by atoms with E-state index in [0.29, 0.717) is 12.4 Å². The van der Waals surface area contributed by atoms with Crippen LogP contribution in [0.5, 0.6) is 5.75 Å². The second-order valence-corrected chi connectivity index (χ2v) is 5.01. The molecule has 20 heavy (non-hydrogen) atoms. The van der Waals surface area contributed by atoms with Crippen LogP contribution in [0.15, 0.2) is 36.4 Å². The minimum atomic E-state index is -0.960. The summed E-state index contributed by atoms with van der Waals surface area (Å²) in [7, 11) is 4.00. The minimum Gasteiger partial charge on any atom is -0.493 e. The number of hydrogen-bond acceptors (Lipinski definition) is 3. The SMILES string of the molecule is CN(C)CCCOc1cc2ccccc2cc1C(=O)O. The average Bonchev–Trinajstić information content (AvgIpc) is 2.42. The first-order valence-corrected chi connectivity index (χ1v) is 6.61. The molecule has 0 heterocycles. The maximum absolute atomic E-state index is 11.3. The Morgan fingerprint density at radius 2 is 1.85 bits per heavy atom. The summed E-state index contributed by atoms with van der Waals surface area (Å²) < 4.78 is 5.65. The van der Waals surface area contributed by atoms with E-state index in [9.17, 15) is 9.90 Å². The molecule has 0 aliphatic carbocycles. The van der Waals surface area contributed by atoms with E-state index in [4.69, 9.17) is 4.74 Å². The van der Waals surface area contributed by atoms with Crippen LogP contribution in [0.4, 0.5) is 0 Å². The van der Waals surface area contributed by atoms with E-state index >= 15 is 0 Å². The number of benzene rings is 2. The number of aromatic carboxylic acids is 1. The van der Waals surface area contributed by atoms with E-state index in [1.165, 1.54) is 0 Å². The van der Waals surface area contributed by atoms with Crippen LogP contribution in [-0.2, 0) is 0 Å². The van der Waals surface area contributed by atoms with E-state index in [2.05, 4.69) is 4.90 Å². The lowest BCUT2D eigenvalue weighted by Crippen LogP contribution is -2.16. The molecule has 4 nitrogen and oxygen atoms in total. The first-order valence-electron chi connectivity index (χ1n) is 6.61. The Hall–Kier alpha value is -2.07. The molecule has 1 N–H and O–H groups in total. The van der Waals surface area contributed by atoms with Gasteiger partial charge in [-0.15, -0.1) is 0 Å². The summed E-state index contributed by atoms with van der Waals surface area (Å²) in [5.74, 6) is -0.520. The van der Waals surface area contributed by atoms with Gasteiger partial charge in [0.15, 0.2) is 0 Å². The fraction of sp³-hybridized carbons (Fsp3) is 0.312. The molecule has 2 aromatic carbocycles. The summed E-state index contributed by atoms with van der Waals surface area (Å²) in [5, 5.41) is 11.2. The standard InChI is InChI=1S/C16H19NO3/c1-17(2)8-5-9-20-15-11-13-7-4-3-6-12(13)10-14(15)16(18)19/h3-4,6-7,10-11H,5,8-9H2,1-2H3,(H,18,19). The Labute approximate surface area is 118 Å². The van der Waals surface area contributed by atoms with Crippen molar-refractivity contribution >= 4 is 16.7 Å². The van der Waals surface area contributed by atoms with Gasteiger partial charge in [0.2, 0.25) is 0 Å². The number of carbonyl (C=O) groups is 1. The summed E-state index contributed by atoms with van der Waals surface area (Å²) in [6.07, 6.45) is 0.860. The zero-order valence-electron chi connectivity index (χ0n) is 11.8. The first kappa shape index (κ1) is 14.3. The molecule has 2 rings (SSSR count). The molecular formula is C16H19NO3. The molecule has 0 amide bonds. The van der Waals surface area contributed by atoms with Crippen LogP contribution in [0.1, 0.15) is 16.8 Å². The van der Waals surface area contributed by atoms with Crippen molar-refractivity contribution in [2.45, 2.75) is 6.42 Å². The van der Waals surface area contributed by atoms with Gasteiger partial charge in [-0.25, -0.2) is 4.79 Å². The second-order valence-electron chi connectivity index (χ2n) is 5.01. The highest BCUT2D eigenvalue weighted by Crippen LogP contribution is 2.26. The first-order chi connectivity index (χ1) is 9.58. The topological polar surface area (TPSA) is 49.8 Å². The monoisotopic (exact) mass is 273 g/mol. The van der Waals surface area contributed by atoms with Crippen molar-refractivity contribution in [3.8, 4) is 5.75 Å². The van der Waals surface area contributed by atoms with E-state index in [-0.39, 0.29) is 5.56 Å². The molecule has 0 aliphatic rings. The highest BCUT2D eigenvalue weighted by molar-refractivity contribution is 5.97. The lowest BCUT2D eigenvalue weighted by molar-refractivity contribution is 0.0692. The Morgan fingerprint density at radius 1 is 1.20 bits per heavy atom. The maximum atomic E-state index is 11.3. The third-order valence-corrected chi connectivity index (χ3v) is 3.09. The third kappa shape index (κ3) is 3.48. The Bertz CT molecular complexity index is 608. The number of ether oxygens (including phenoxy) is 1. The molecule has 106 valence electrons. The summed E-state index contributed by atoms with van der Waals surface area (Å²) >= 11 is 0. The van der Waals surface area contributed by atoms with E-state index < -0.39 is 5.97 Å². The molecule has 0 saturated heterocycles. The fourth-order valence-corrected chi connectivity index (χ4v) is 2.07. The van der Waals surface area contributed by atoms with Crippen LogP contribution < -0.4 is 4.74 Å². The normalized spacial score (nSPS) is 10.9. The van der Waals surface area contributed by atoms with Crippen molar-refractivity contribution in [2.75, 3.05) is 27.2 Å². The molecule has 0 radical (unpaired) electrons. The Kier molecular flexibility index (Phi) is 4.58. The van der Waals surface area contributed by atoms with Gasteiger partial charge in [0.05, 0.1) is 6.61 Å². The van der Waals surface area contributed by atoms with Crippen LogP contribution in [0.3, 0.4) is 0 Å². The lowest BCUT2D eigenvalue weighted by Gasteiger charge is -2.12. The fourth-order valence-electron chi connectivity index (χ4n) is 2.07. The van der Waals surface area contributed by atoms with Gasteiger partial charge in [0.1, 0.15) is 11.3 Å². The highest BCUT2D eigenvalue weighted by atomic mass is 16.5. The minimum absolute atomic E-state index is 0.216. The molecule has 0 aromatic heterocycles. The van der Waals surface area contributed by atoms with Gasteiger partial charge >= 0.3 is 5.97 Å². The van der Waals surface area contributed by atoms with Gasteiger partial charge < -0.3 is 14.7 Å². The van der Waals surface area contributed by atoms with Crippen LogP contribution in [0.2, 0.25) is 0 Å². The van der Waals surface area contributed by atoms with E-state index in [0.717, 1.165) is 23.7 Å². The number of carboxylic acid groups (broad SMARTS) is 1. The zero-order chi connectivity index (χ0) is 14.5. The van der Waals surface area contributed by atoms with E-state index in [1.807, 2.05) is 38.4 Å². The zero-order valence-corrected chi connectivity index (χ0v) is 11.8. The molecule has 0 spiro atoms. The van der Waals surface area contributed by atoms with Crippen LogP contribution in [-0.4, -0.2) is 43.2 Å². The van der Waals surface area contributed by atoms with Crippen LogP contribution >= 0.6 is 0 Å². The molecule has 0 atom stereocenters. The number of nitrogens with zero attached hydrogens (tertiary/aromatic N) is 1. The third-order valence-electron chi connectivity index (χ3n) is 3.09. The van der Waals surface area contributed by atoms with Crippen molar-refractivity contribution < 1.29 is 14.6 Å². The molecular weight excluding hydrogens is 254 g/mol. The van der Waals surface area contributed by atoms with Crippen LogP contribution in [0.25, 0.3) is 10.8 Å². The smallest absolute Gasteiger partial charge is 0.339 e. The lowest BCUT2D eigenvalue weighted by atomic mass is 10.1. The number of hydrogen-bond donors (Lipinski definition) is 1. The van der Waals surface area contributed by atoms with Crippen molar-refractivity contribution in [3.05, 3.63) is 42.0 Å². The summed E-state index contributed by atoms with van der Waals surface area (Å²) in [6.45, 7) is 1.42. The predicted molar refractivity (Wildman–Crippen MR) is 79.6 cm³/mol. The molecule has 0 aliphatic heterocycles. The van der Waals surface area contributed by atoms with E-state index in [1.54, 1.807) is 12.1 Å². The average molecular weight is 273 g/mol. The predicted octanol–water partition coefficient (Wildman–Crippen LogP) is 2.87. The molecule has 2 aromatic rings. The quantitative estimate of drug-likeness (QED) is 0.822. The van der Waals surface area contributed by atoms with Gasteiger partial charge in [0, 0.05) is 6.54 Å². The van der Waals surface area contributed by atoms with Gasteiger partial charge in [-0.2, -0.15) is 0 Å². The summed E-state index contributed by atoms with van der Waals surface area (Å²) in [5.41, 5.74) is 0.216. The van der Waals surface area contributed by atoms with Gasteiger partial charge in [-0.3, -0.25) is 0 Å². The van der Waals surface area contributed by atoms with Crippen molar-refractivity contribution in [1.29, 1.82) is 0 Å². The molecule has 0 saturated carbocycles. The number of fused-ring (bicyclic) bond motifs is 1. The largest absolute Gasteiger partial charge is 0.493 e. The molecule has 0 bridgehead atoms. The Morgan fingerprint density at radius 3 is 2.45 bits per heavy atom. The molecule has 0 unspecified atom stereocenters. The highest BCUT2D eigenvalue weighted by Gasteiger charge is 2.12. The van der Waals surface area contributed by atoms with Gasteiger partial charge in [0.25, 0.3) is 0 Å². The van der Waals surface area contributed by atoms with Crippen molar-refractivity contribution in [3.63, 3.8) is 0 Å². The number of carboxylic acids is 1. The molecule has 0 fully saturated rings. The van der Waals surface area contributed by atoms with Crippen molar-refractivity contribution in [2.24, 2.45) is 0 Å². The van der Waals surface area contributed by atoms with Gasteiger partial charge in [-0.05, 0) is 43.4 Å².